The van der Waals surface area contributed by atoms with E-state index in [-0.39, 0.29) is 0 Å². The molecule has 1 aliphatic heterocycles. The highest BCUT2D eigenvalue weighted by Crippen LogP contribution is 2.34. The highest BCUT2D eigenvalue weighted by atomic mass is 16.8. The van der Waals surface area contributed by atoms with E-state index in [2.05, 4.69) is 0 Å². The maximum absolute atomic E-state index is 12.8. The van der Waals surface area contributed by atoms with Gasteiger partial charge in [0, 0.05) is 0 Å². The molecule has 0 aromatic carbocycles. The van der Waals surface area contributed by atoms with Gasteiger partial charge in [-0.2, -0.15) is 0 Å². The van der Waals surface area contributed by atoms with Crippen molar-refractivity contribution < 1.29 is 48.0 Å². The lowest BCUT2D eigenvalue weighted by molar-refractivity contribution is -0.210. The summed E-state index contributed by atoms with van der Waals surface area (Å²) in [6.45, 7) is 19.2. The Morgan fingerprint density at radius 3 is 1.39 bits per heavy atom. The second kappa shape index (κ2) is 11.0. The number of esters is 4. The summed E-state index contributed by atoms with van der Waals surface area (Å²) in [5, 5.41) is 10.9. The Morgan fingerprint density at radius 2 is 1.00 bits per heavy atom. The van der Waals surface area contributed by atoms with Crippen molar-refractivity contribution in [2.45, 2.75) is 114 Å². The molecule has 0 amide bonds. The van der Waals surface area contributed by atoms with Crippen molar-refractivity contribution in [2.24, 2.45) is 21.7 Å². The molecule has 0 radical (unpaired) electrons. The van der Waals surface area contributed by atoms with Gasteiger partial charge >= 0.3 is 23.9 Å². The summed E-state index contributed by atoms with van der Waals surface area (Å²) < 4.78 is 27.9. The van der Waals surface area contributed by atoms with Crippen molar-refractivity contribution in [2.75, 3.05) is 6.61 Å². The highest BCUT2D eigenvalue weighted by molar-refractivity contribution is 5.78. The standard InChI is InChI=1S/C26H44O10/c1-23(2,3)19(28)32-13-14(27)15-16(34-20(29)24(4,5)6)17(35-21(30)25(7,8)9)18(33-15)36-22(31)26(10,11)12/h14-18,27H,13H2,1-12H3/t14-,15+,16+,17-,18+/m1/s1. The zero-order chi connectivity index (χ0) is 28.4. The number of rotatable bonds is 6. The summed E-state index contributed by atoms with van der Waals surface area (Å²) >= 11 is 0. The molecule has 5 atom stereocenters. The third-order valence-corrected chi connectivity index (χ3v) is 5.13. The first kappa shape index (κ1) is 31.8. The van der Waals surface area contributed by atoms with Gasteiger partial charge < -0.3 is 28.8 Å². The summed E-state index contributed by atoms with van der Waals surface area (Å²) in [4.78, 5) is 50.5. The second-order valence-electron chi connectivity index (χ2n) is 13.3. The molecule has 1 aliphatic rings. The number of aliphatic hydroxyl groups excluding tert-OH is 1. The van der Waals surface area contributed by atoms with Gasteiger partial charge in [0.05, 0.1) is 21.7 Å². The minimum Gasteiger partial charge on any atom is -0.462 e. The number of hydrogen-bond acceptors (Lipinski definition) is 10. The molecule has 10 heteroatoms. The minimum absolute atomic E-state index is 0.482. The zero-order valence-corrected chi connectivity index (χ0v) is 23.7. The molecule has 1 N–H and O–H groups in total. The first-order chi connectivity index (χ1) is 16.0. The molecule has 36 heavy (non-hydrogen) atoms. The van der Waals surface area contributed by atoms with Gasteiger partial charge in [0.25, 0.3) is 0 Å². The van der Waals surface area contributed by atoms with E-state index in [0.717, 1.165) is 0 Å². The normalized spacial score (nSPS) is 24.0. The number of carbonyl (C=O) groups excluding carboxylic acids is 4. The molecular weight excluding hydrogens is 472 g/mol. The molecule has 0 unspecified atom stereocenters. The van der Waals surface area contributed by atoms with Gasteiger partial charge in [-0.25, -0.2) is 0 Å². The Kier molecular flexibility index (Phi) is 9.77. The Bertz CT molecular complexity index is 820. The third-order valence-electron chi connectivity index (χ3n) is 5.13. The molecule has 0 saturated carbocycles. The van der Waals surface area contributed by atoms with Crippen molar-refractivity contribution in [3.63, 3.8) is 0 Å². The lowest BCUT2D eigenvalue weighted by atomic mass is 9.96. The van der Waals surface area contributed by atoms with Crippen LogP contribution in [0, 0.1) is 21.7 Å². The number of hydrogen-bond donors (Lipinski definition) is 1. The van der Waals surface area contributed by atoms with Crippen LogP contribution in [0.4, 0.5) is 0 Å². The monoisotopic (exact) mass is 516 g/mol. The van der Waals surface area contributed by atoms with Gasteiger partial charge in [0.1, 0.15) is 18.8 Å². The first-order valence-electron chi connectivity index (χ1n) is 12.1. The zero-order valence-electron chi connectivity index (χ0n) is 23.7. The van der Waals surface area contributed by atoms with Crippen LogP contribution in [-0.4, -0.2) is 66.3 Å². The Balaban J connectivity index is 3.39. The average Bonchev–Trinajstić information content (AvgIpc) is 2.99. The molecule has 0 aromatic heterocycles. The van der Waals surface area contributed by atoms with E-state index in [9.17, 15) is 24.3 Å². The van der Waals surface area contributed by atoms with E-state index in [1.54, 1.807) is 83.1 Å². The number of aliphatic hydroxyl groups is 1. The van der Waals surface area contributed by atoms with Crippen LogP contribution in [-0.2, 0) is 42.9 Å². The van der Waals surface area contributed by atoms with Crippen LogP contribution in [0.2, 0.25) is 0 Å². The van der Waals surface area contributed by atoms with Crippen LogP contribution in [0.1, 0.15) is 83.1 Å². The van der Waals surface area contributed by atoms with E-state index < -0.39 is 82.8 Å². The van der Waals surface area contributed by atoms with E-state index in [4.69, 9.17) is 23.7 Å². The van der Waals surface area contributed by atoms with Gasteiger partial charge in [-0.05, 0) is 83.1 Å². The molecule has 0 bridgehead atoms. The Morgan fingerprint density at radius 1 is 0.639 bits per heavy atom. The molecule has 10 nitrogen and oxygen atoms in total. The first-order valence-corrected chi connectivity index (χ1v) is 12.1. The average molecular weight is 517 g/mol. The summed E-state index contributed by atoms with van der Waals surface area (Å²) in [5.74, 6) is -2.52. The molecule has 1 fully saturated rings. The summed E-state index contributed by atoms with van der Waals surface area (Å²) in [6.07, 6.45) is -6.99. The maximum Gasteiger partial charge on any atom is 0.313 e. The van der Waals surface area contributed by atoms with E-state index >= 15 is 0 Å². The van der Waals surface area contributed by atoms with Crippen LogP contribution in [0.15, 0.2) is 0 Å². The van der Waals surface area contributed by atoms with Crippen molar-refractivity contribution in [1.82, 2.24) is 0 Å². The quantitative estimate of drug-likeness (QED) is 0.414. The summed E-state index contributed by atoms with van der Waals surface area (Å²) in [7, 11) is 0. The number of carbonyl (C=O) groups is 4. The van der Waals surface area contributed by atoms with Crippen molar-refractivity contribution in [3.8, 4) is 0 Å². The van der Waals surface area contributed by atoms with Gasteiger partial charge in [-0.15, -0.1) is 0 Å². The van der Waals surface area contributed by atoms with Crippen molar-refractivity contribution in [1.29, 1.82) is 0 Å². The summed E-state index contributed by atoms with van der Waals surface area (Å²) in [5.41, 5.74) is -3.61. The SMILES string of the molecule is CC(C)(C)C(=O)OC[C@@H](O)[C@@H]1O[C@@H](OC(=O)C(C)(C)C)[C@H](OC(=O)C(C)(C)C)[C@H]1OC(=O)C(C)(C)C. The van der Waals surface area contributed by atoms with Crippen LogP contribution in [0.5, 0.6) is 0 Å². The van der Waals surface area contributed by atoms with Crippen LogP contribution >= 0.6 is 0 Å². The minimum atomic E-state index is -1.48. The molecule has 208 valence electrons. The summed E-state index contributed by atoms with van der Waals surface area (Å²) in [6, 6.07) is 0. The lowest BCUT2D eigenvalue weighted by Crippen LogP contribution is -2.48. The fourth-order valence-electron chi connectivity index (χ4n) is 2.67. The number of ether oxygens (including phenoxy) is 5. The van der Waals surface area contributed by atoms with Crippen LogP contribution in [0.25, 0.3) is 0 Å². The Labute approximate surface area is 214 Å². The highest BCUT2D eigenvalue weighted by Gasteiger charge is 2.56. The predicted molar refractivity (Wildman–Crippen MR) is 129 cm³/mol. The third kappa shape index (κ3) is 8.73. The topological polar surface area (TPSA) is 135 Å². The molecule has 1 rings (SSSR count). The van der Waals surface area contributed by atoms with Crippen molar-refractivity contribution >= 4 is 23.9 Å². The van der Waals surface area contributed by atoms with Gasteiger partial charge in [-0.1, -0.05) is 0 Å². The van der Waals surface area contributed by atoms with Crippen molar-refractivity contribution in [3.05, 3.63) is 0 Å². The fourth-order valence-corrected chi connectivity index (χ4v) is 2.67. The van der Waals surface area contributed by atoms with Crippen LogP contribution in [0.3, 0.4) is 0 Å². The van der Waals surface area contributed by atoms with E-state index in [1.807, 2.05) is 0 Å². The van der Waals surface area contributed by atoms with Gasteiger partial charge in [0.15, 0.2) is 6.10 Å². The smallest absolute Gasteiger partial charge is 0.313 e. The molecular formula is C26H44O10. The largest absolute Gasteiger partial charge is 0.462 e. The maximum atomic E-state index is 12.8. The van der Waals surface area contributed by atoms with E-state index in [0.29, 0.717) is 0 Å². The fraction of sp³-hybridized carbons (Fsp3) is 0.846. The lowest BCUT2D eigenvalue weighted by Gasteiger charge is -2.30. The molecule has 0 spiro atoms. The molecule has 0 aliphatic carbocycles. The molecule has 1 heterocycles. The molecule has 0 aromatic rings. The van der Waals surface area contributed by atoms with Gasteiger partial charge in [-0.3, -0.25) is 19.2 Å². The second-order valence-corrected chi connectivity index (χ2v) is 13.3. The van der Waals surface area contributed by atoms with E-state index in [1.165, 1.54) is 0 Å². The molecule has 1 saturated heterocycles. The predicted octanol–water partition coefficient (Wildman–Crippen LogP) is 3.17. The van der Waals surface area contributed by atoms with Gasteiger partial charge in [0.2, 0.25) is 12.4 Å². The van der Waals surface area contributed by atoms with Crippen LogP contribution < -0.4 is 0 Å². The Hall–Kier alpha value is -2.20.